The van der Waals surface area contributed by atoms with Gasteiger partial charge in [0.2, 0.25) is 0 Å². The molecule has 0 bridgehead atoms. The predicted octanol–water partition coefficient (Wildman–Crippen LogP) is 4.11. The van der Waals surface area contributed by atoms with Gasteiger partial charge in [0.25, 0.3) is 0 Å². The average Bonchev–Trinajstić information content (AvgIpc) is 3.36. The highest BCUT2D eigenvalue weighted by molar-refractivity contribution is 14.0. The van der Waals surface area contributed by atoms with Crippen LogP contribution in [-0.4, -0.2) is 66.9 Å². The number of likely N-dealkylation sites (tertiary alicyclic amines) is 1. The van der Waals surface area contributed by atoms with Gasteiger partial charge in [0.15, 0.2) is 5.96 Å². The van der Waals surface area contributed by atoms with E-state index >= 15 is 0 Å². The molecule has 7 nitrogen and oxygen atoms in total. The molecular weight excluding hydrogens is 529 g/mol. The van der Waals surface area contributed by atoms with Crippen molar-refractivity contribution < 1.29 is 9.47 Å². The van der Waals surface area contributed by atoms with Gasteiger partial charge in [-0.05, 0) is 49.8 Å². The number of nitrogens with one attached hydrogen (secondary N) is 1. The number of hydrogen-bond donors (Lipinski definition) is 1. The lowest BCUT2D eigenvalue weighted by Crippen LogP contribution is -2.52. The number of aliphatic imine (C=N–C) groups is 1. The molecule has 8 heteroatoms. The van der Waals surface area contributed by atoms with E-state index in [1.807, 2.05) is 26.5 Å². The molecule has 0 saturated carbocycles. The molecule has 1 N–H and O–H groups in total. The van der Waals surface area contributed by atoms with Gasteiger partial charge in [-0.3, -0.25) is 4.99 Å². The monoisotopic (exact) mass is 567 g/mol. The topological polar surface area (TPSA) is 63.9 Å². The van der Waals surface area contributed by atoms with E-state index < -0.39 is 0 Å². The van der Waals surface area contributed by atoms with Gasteiger partial charge in [0.05, 0.1) is 19.0 Å². The van der Waals surface area contributed by atoms with Crippen molar-refractivity contribution in [3.8, 4) is 5.75 Å². The molecule has 2 aromatic rings. The van der Waals surface area contributed by atoms with E-state index in [-0.39, 0.29) is 29.4 Å². The van der Waals surface area contributed by atoms with Crippen LogP contribution in [-0.2, 0) is 10.2 Å². The third kappa shape index (κ3) is 6.01. The molecule has 2 fully saturated rings. The van der Waals surface area contributed by atoms with Gasteiger partial charge in [-0.1, -0.05) is 19.1 Å². The fraction of sp³-hybridized carbons (Fsp3) is 0.600. The van der Waals surface area contributed by atoms with E-state index in [2.05, 4.69) is 62.1 Å². The molecule has 3 heterocycles. The summed E-state index contributed by atoms with van der Waals surface area (Å²) in [7, 11) is 1.89. The molecule has 0 radical (unpaired) electrons. The fourth-order valence-electron chi connectivity index (χ4n) is 5.08. The number of nitrogens with zero attached hydrogens (tertiary/aromatic N) is 4. The number of hydrogen-bond acceptors (Lipinski definition) is 4. The number of piperidine rings is 1. The second-order valence-electron chi connectivity index (χ2n) is 9.04. The first-order chi connectivity index (χ1) is 15.6. The Hall–Kier alpha value is -1.81. The predicted molar refractivity (Wildman–Crippen MR) is 143 cm³/mol. The lowest BCUT2D eigenvalue weighted by Gasteiger charge is -2.42. The first kappa shape index (κ1) is 25.8. The molecule has 2 aliphatic rings. The fourth-order valence-corrected chi connectivity index (χ4v) is 5.08. The third-order valence-corrected chi connectivity index (χ3v) is 7.15. The highest BCUT2D eigenvalue weighted by atomic mass is 127. The van der Waals surface area contributed by atoms with Crippen LogP contribution in [0.4, 0.5) is 0 Å². The van der Waals surface area contributed by atoms with Crippen molar-refractivity contribution in [1.82, 2.24) is 19.8 Å². The van der Waals surface area contributed by atoms with Gasteiger partial charge < -0.3 is 24.3 Å². The van der Waals surface area contributed by atoms with Crippen LogP contribution in [0.3, 0.4) is 0 Å². The number of imidazole rings is 1. The van der Waals surface area contributed by atoms with E-state index in [1.54, 1.807) is 0 Å². The van der Waals surface area contributed by atoms with Crippen LogP contribution >= 0.6 is 24.0 Å². The average molecular weight is 568 g/mol. The molecule has 1 aromatic heterocycles. The second kappa shape index (κ2) is 12.1. The van der Waals surface area contributed by atoms with E-state index in [0.29, 0.717) is 18.6 Å². The van der Waals surface area contributed by atoms with Crippen LogP contribution < -0.4 is 10.1 Å². The molecule has 0 amide bonds. The lowest BCUT2D eigenvalue weighted by molar-refractivity contribution is 0.0510. The summed E-state index contributed by atoms with van der Waals surface area (Å²) in [6.07, 6.45) is 9.01. The minimum absolute atomic E-state index is 0. The molecular formula is C25H38IN5O2. The maximum atomic E-state index is 5.72. The first-order valence-electron chi connectivity index (χ1n) is 11.9. The van der Waals surface area contributed by atoms with Gasteiger partial charge in [0.1, 0.15) is 5.75 Å². The largest absolute Gasteiger partial charge is 0.494 e. The molecule has 0 spiro atoms. The minimum atomic E-state index is 0. The van der Waals surface area contributed by atoms with Gasteiger partial charge in [0, 0.05) is 57.7 Å². The van der Waals surface area contributed by atoms with Crippen LogP contribution in [0.15, 0.2) is 48.0 Å². The Kier molecular flexibility index (Phi) is 9.43. The highest BCUT2D eigenvalue weighted by Gasteiger charge is 2.36. The van der Waals surface area contributed by atoms with Crippen molar-refractivity contribution in [3.63, 3.8) is 0 Å². The number of ether oxygens (including phenoxy) is 2. The maximum absolute atomic E-state index is 5.72. The van der Waals surface area contributed by atoms with Gasteiger partial charge in [-0.25, -0.2) is 4.98 Å². The second-order valence-corrected chi connectivity index (χ2v) is 9.04. The number of benzene rings is 1. The van der Waals surface area contributed by atoms with Gasteiger partial charge in [-0.2, -0.15) is 0 Å². The SMILES string of the molecule is CCOc1ccc(C2(CNC(=NC)N3CCC(C)C(n4ccnc4)C3)CCOCC2)cc1.I. The molecule has 2 unspecified atom stereocenters. The minimum Gasteiger partial charge on any atom is -0.494 e. The zero-order valence-electron chi connectivity index (χ0n) is 20.1. The molecule has 33 heavy (non-hydrogen) atoms. The highest BCUT2D eigenvalue weighted by Crippen LogP contribution is 2.35. The lowest BCUT2D eigenvalue weighted by atomic mass is 9.74. The van der Waals surface area contributed by atoms with Crippen LogP contribution in [0.5, 0.6) is 5.75 Å². The number of guanidine groups is 1. The molecule has 2 saturated heterocycles. The zero-order valence-corrected chi connectivity index (χ0v) is 22.4. The maximum Gasteiger partial charge on any atom is 0.193 e. The number of halogens is 1. The quantitative estimate of drug-likeness (QED) is 0.324. The van der Waals surface area contributed by atoms with Crippen molar-refractivity contribution in [2.24, 2.45) is 10.9 Å². The van der Waals surface area contributed by atoms with Crippen LogP contribution in [0, 0.1) is 5.92 Å². The van der Waals surface area contributed by atoms with Crippen molar-refractivity contribution in [2.45, 2.75) is 44.6 Å². The summed E-state index contributed by atoms with van der Waals surface area (Å²) in [6, 6.07) is 9.03. The third-order valence-electron chi connectivity index (χ3n) is 7.15. The number of aromatic nitrogens is 2. The summed E-state index contributed by atoms with van der Waals surface area (Å²) in [6.45, 7) is 9.42. The van der Waals surface area contributed by atoms with Gasteiger partial charge >= 0.3 is 0 Å². The Labute approximate surface area is 215 Å². The summed E-state index contributed by atoms with van der Waals surface area (Å²) in [5, 5.41) is 3.73. The zero-order chi connectivity index (χ0) is 22.4. The summed E-state index contributed by atoms with van der Waals surface area (Å²) in [4.78, 5) is 11.3. The molecule has 4 rings (SSSR count). The summed E-state index contributed by atoms with van der Waals surface area (Å²) in [5.41, 5.74) is 1.38. The molecule has 0 aliphatic carbocycles. The Morgan fingerprint density at radius 3 is 2.67 bits per heavy atom. The van der Waals surface area contributed by atoms with Crippen LogP contribution in [0.25, 0.3) is 0 Å². The molecule has 1 aromatic carbocycles. The normalized spacial score (nSPS) is 23.0. The molecule has 2 aliphatic heterocycles. The van der Waals surface area contributed by atoms with Crippen molar-refractivity contribution in [3.05, 3.63) is 48.5 Å². The standard InChI is InChI=1S/C25H37N5O2.HI/c1-4-32-22-7-5-21(6-8-22)25(10-15-31-16-11-25)18-28-24(26-3)29-13-9-20(2)23(17-29)30-14-12-27-19-30;/h5-8,12,14,19-20,23H,4,9-11,13,15-18H2,1-3H3,(H,26,28);1H. The number of rotatable bonds is 6. The Bertz CT molecular complexity index is 865. The van der Waals surface area contributed by atoms with Crippen molar-refractivity contribution in [1.29, 1.82) is 0 Å². The Morgan fingerprint density at radius 2 is 2.03 bits per heavy atom. The van der Waals surface area contributed by atoms with E-state index in [9.17, 15) is 0 Å². The molecule has 182 valence electrons. The summed E-state index contributed by atoms with van der Waals surface area (Å²) >= 11 is 0. The van der Waals surface area contributed by atoms with Crippen molar-refractivity contribution >= 4 is 29.9 Å². The summed E-state index contributed by atoms with van der Waals surface area (Å²) < 4.78 is 13.6. The molecule has 2 atom stereocenters. The Morgan fingerprint density at radius 1 is 1.27 bits per heavy atom. The van der Waals surface area contributed by atoms with E-state index in [0.717, 1.165) is 63.8 Å². The van der Waals surface area contributed by atoms with E-state index in [1.165, 1.54) is 5.56 Å². The van der Waals surface area contributed by atoms with E-state index in [4.69, 9.17) is 9.47 Å². The Balaban J connectivity index is 0.00000306. The smallest absolute Gasteiger partial charge is 0.193 e. The first-order valence-corrected chi connectivity index (χ1v) is 11.9. The van der Waals surface area contributed by atoms with Gasteiger partial charge in [-0.15, -0.1) is 24.0 Å². The summed E-state index contributed by atoms with van der Waals surface area (Å²) in [5.74, 6) is 2.53. The van der Waals surface area contributed by atoms with Crippen LogP contribution in [0.2, 0.25) is 0 Å². The van der Waals surface area contributed by atoms with Crippen LogP contribution in [0.1, 0.15) is 44.7 Å². The van der Waals surface area contributed by atoms with Crippen molar-refractivity contribution in [2.75, 3.05) is 46.5 Å².